The van der Waals surface area contributed by atoms with E-state index in [0.29, 0.717) is 28.4 Å². The Morgan fingerprint density at radius 3 is 2.33 bits per heavy atom. The number of anilines is 2. The Kier molecular flexibility index (Phi) is 11.1. The second-order valence-corrected chi connectivity index (χ2v) is 14.3. The lowest BCUT2D eigenvalue weighted by molar-refractivity contribution is -0.125. The van der Waals surface area contributed by atoms with Crippen LogP contribution in [0.2, 0.25) is 0 Å². The summed E-state index contributed by atoms with van der Waals surface area (Å²) in [6, 6.07) is 14.0. The maximum atomic E-state index is 13.5. The summed E-state index contributed by atoms with van der Waals surface area (Å²) in [5.41, 5.74) is 7.17. The molecule has 4 aromatic rings. The summed E-state index contributed by atoms with van der Waals surface area (Å²) in [7, 11) is 0. The third-order valence-corrected chi connectivity index (χ3v) is 9.28. The third kappa shape index (κ3) is 9.29. The average molecular weight is 713 g/mol. The number of amides is 2. The molecule has 2 aromatic heterocycles. The molecule has 0 unspecified atom stereocenters. The summed E-state index contributed by atoms with van der Waals surface area (Å²) in [6.07, 6.45) is 7.28. The summed E-state index contributed by atoms with van der Waals surface area (Å²) in [5.74, 6) is -1.61. The van der Waals surface area contributed by atoms with Crippen LogP contribution < -0.4 is 11.1 Å². The van der Waals surface area contributed by atoms with Gasteiger partial charge in [-0.05, 0) is 76.6 Å². The summed E-state index contributed by atoms with van der Waals surface area (Å²) >= 11 is 0. The molecule has 0 spiro atoms. The minimum atomic E-state index is -1.35. The Morgan fingerprint density at radius 1 is 0.962 bits per heavy atom. The van der Waals surface area contributed by atoms with Crippen molar-refractivity contribution in [3.05, 3.63) is 90.3 Å². The van der Waals surface area contributed by atoms with Crippen molar-refractivity contribution in [1.29, 1.82) is 0 Å². The van der Waals surface area contributed by atoms with Gasteiger partial charge in [0, 0.05) is 55.7 Å². The number of nitrogen functional groups attached to an aromatic ring is 1. The van der Waals surface area contributed by atoms with Crippen LogP contribution in [-0.4, -0.2) is 85.8 Å². The lowest BCUT2D eigenvalue weighted by Crippen LogP contribution is -2.45. The Balaban J connectivity index is 1.05. The second kappa shape index (κ2) is 15.9. The first-order valence-electron chi connectivity index (χ1n) is 17.6. The summed E-state index contributed by atoms with van der Waals surface area (Å²) in [4.78, 5) is 52.2. The van der Waals surface area contributed by atoms with Gasteiger partial charge >= 0.3 is 12.1 Å². The second-order valence-electron chi connectivity index (χ2n) is 14.3. The molecule has 0 aliphatic carbocycles. The van der Waals surface area contributed by atoms with Gasteiger partial charge in [0.1, 0.15) is 11.4 Å². The zero-order chi connectivity index (χ0) is 36.8. The largest absolute Gasteiger partial charge is 0.444 e. The van der Waals surface area contributed by atoms with Crippen molar-refractivity contribution in [3.8, 4) is 11.3 Å². The molecule has 14 heteroatoms. The number of ether oxygens (including phenoxy) is 2. The Labute approximate surface area is 302 Å². The molecule has 274 valence electrons. The van der Waals surface area contributed by atoms with E-state index in [1.807, 2.05) is 36.5 Å². The number of carbonyl (C=O) groups is 3. The van der Waals surface area contributed by atoms with Crippen molar-refractivity contribution >= 4 is 29.5 Å². The lowest BCUT2D eigenvalue weighted by atomic mass is 9.95. The number of hydrogen-bond donors (Lipinski definition) is 2. The highest BCUT2D eigenvalue weighted by Crippen LogP contribution is 2.29. The van der Waals surface area contributed by atoms with Gasteiger partial charge in [0.15, 0.2) is 11.5 Å². The monoisotopic (exact) mass is 712 g/mol. The van der Waals surface area contributed by atoms with Crippen LogP contribution >= 0.6 is 0 Å². The van der Waals surface area contributed by atoms with E-state index in [1.54, 1.807) is 36.5 Å². The first kappa shape index (κ1) is 36.4. The fourth-order valence-corrected chi connectivity index (χ4v) is 6.52. The van der Waals surface area contributed by atoms with Gasteiger partial charge in [-0.3, -0.25) is 9.48 Å². The Bertz CT molecular complexity index is 1850. The number of nitrogens with two attached hydrogens (primary N) is 1. The lowest BCUT2D eigenvalue weighted by Gasteiger charge is -2.38. The quantitative estimate of drug-likeness (QED) is 0.201. The number of carbonyl (C=O) groups excluding carboxylic acids is 3. The van der Waals surface area contributed by atoms with Crippen LogP contribution in [0.3, 0.4) is 0 Å². The molecule has 3 N–H and O–H groups in total. The van der Waals surface area contributed by atoms with Gasteiger partial charge in [-0.15, -0.1) is 0 Å². The molecule has 2 aromatic carbocycles. The van der Waals surface area contributed by atoms with E-state index in [9.17, 15) is 18.8 Å². The SMILES string of the molecule is CC(C)(C)OC(=O)N1CCC(CN2CCC(n3cc(-c4cnc(N)c(C(=O)O[C@@H](C(=O)Nc5ccc(F)cc5)c5ccccc5)n4)cn3)CC2)CC1. The molecule has 1 atom stereocenters. The molecule has 2 aliphatic rings. The molecule has 0 bridgehead atoms. The zero-order valence-electron chi connectivity index (χ0n) is 29.7. The normalized spacial score (nSPS) is 16.7. The highest BCUT2D eigenvalue weighted by molar-refractivity contribution is 5.99. The molecule has 0 saturated carbocycles. The van der Waals surface area contributed by atoms with Crippen molar-refractivity contribution in [2.75, 3.05) is 43.8 Å². The van der Waals surface area contributed by atoms with Crippen molar-refractivity contribution < 1.29 is 28.2 Å². The number of nitrogens with zero attached hydrogens (tertiary/aromatic N) is 6. The maximum absolute atomic E-state index is 13.5. The fourth-order valence-electron chi connectivity index (χ4n) is 6.52. The summed E-state index contributed by atoms with van der Waals surface area (Å²) in [5, 5.41) is 7.28. The highest BCUT2D eigenvalue weighted by atomic mass is 19.1. The third-order valence-electron chi connectivity index (χ3n) is 9.28. The van der Waals surface area contributed by atoms with Gasteiger partial charge in [-0.1, -0.05) is 30.3 Å². The molecule has 2 saturated heterocycles. The van der Waals surface area contributed by atoms with Crippen molar-refractivity contribution in [2.24, 2.45) is 5.92 Å². The number of benzene rings is 2. The molecule has 6 rings (SSSR count). The first-order chi connectivity index (χ1) is 24.9. The Morgan fingerprint density at radius 2 is 1.65 bits per heavy atom. The van der Waals surface area contributed by atoms with E-state index in [2.05, 4.69) is 25.3 Å². The van der Waals surface area contributed by atoms with Crippen LogP contribution in [0.5, 0.6) is 0 Å². The van der Waals surface area contributed by atoms with Gasteiger partial charge in [-0.25, -0.2) is 23.9 Å². The van der Waals surface area contributed by atoms with E-state index in [4.69, 9.17) is 15.2 Å². The zero-order valence-corrected chi connectivity index (χ0v) is 29.7. The fraction of sp³-hybridized carbons (Fsp3) is 0.421. The van der Waals surface area contributed by atoms with Crippen molar-refractivity contribution in [1.82, 2.24) is 29.5 Å². The van der Waals surface area contributed by atoms with Gasteiger partial charge in [0.05, 0.1) is 24.1 Å². The number of aromatic nitrogens is 4. The van der Waals surface area contributed by atoms with Gasteiger partial charge in [0.25, 0.3) is 5.91 Å². The molecule has 2 amide bonds. The van der Waals surface area contributed by atoms with Gasteiger partial charge in [-0.2, -0.15) is 5.10 Å². The van der Waals surface area contributed by atoms with E-state index < -0.39 is 29.4 Å². The van der Waals surface area contributed by atoms with Gasteiger partial charge in [0.2, 0.25) is 6.10 Å². The van der Waals surface area contributed by atoms with Gasteiger partial charge < -0.3 is 30.3 Å². The van der Waals surface area contributed by atoms with Crippen LogP contribution in [-0.2, 0) is 14.3 Å². The molecular weight excluding hydrogens is 667 g/mol. The minimum absolute atomic E-state index is 0.144. The van der Waals surface area contributed by atoms with Crippen LogP contribution in [0.15, 0.2) is 73.2 Å². The van der Waals surface area contributed by atoms with Crippen LogP contribution in [0.4, 0.5) is 20.7 Å². The number of hydrogen-bond acceptors (Lipinski definition) is 10. The molecule has 4 heterocycles. The number of esters is 1. The predicted molar refractivity (Wildman–Crippen MR) is 193 cm³/mol. The standard InChI is InChI=1S/C38H45FN8O5/c1-38(2,3)52-37(50)46-19-13-25(14-20-46)23-45-17-15-30(16-18-45)47-24-27(21-42-47)31-22-41-34(40)32(44-31)36(49)51-33(26-7-5-4-6-8-26)35(48)43-29-11-9-28(39)10-12-29/h4-12,21-22,24-25,30,33H,13-20,23H2,1-3H3,(H2,40,41)(H,43,48)/t33-/m1/s1. The maximum Gasteiger partial charge on any atom is 0.410 e. The molecule has 0 radical (unpaired) electrons. The predicted octanol–water partition coefficient (Wildman–Crippen LogP) is 5.88. The van der Waals surface area contributed by atoms with Crippen molar-refractivity contribution in [3.63, 3.8) is 0 Å². The average Bonchev–Trinajstić information content (AvgIpc) is 3.62. The summed E-state index contributed by atoms with van der Waals surface area (Å²) in [6.45, 7) is 10.0. The van der Waals surface area contributed by atoms with E-state index in [1.165, 1.54) is 30.5 Å². The smallest absolute Gasteiger partial charge is 0.410 e. The Hall–Kier alpha value is -5.37. The number of halogens is 1. The molecule has 52 heavy (non-hydrogen) atoms. The molecule has 2 fully saturated rings. The van der Waals surface area contributed by atoms with Crippen LogP contribution in [0.25, 0.3) is 11.3 Å². The highest BCUT2D eigenvalue weighted by Gasteiger charge is 2.31. The van der Waals surface area contributed by atoms with Crippen LogP contribution in [0.1, 0.15) is 74.7 Å². The van der Waals surface area contributed by atoms with Crippen LogP contribution in [0, 0.1) is 11.7 Å². The first-order valence-corrected chi connectivity index (χ1v) is 17.6. The number of piperidine rings is 2. The topological polar surface area (TPSA) is 158 Å². The molecular formula is C38H45FN8O5. The molecule has 2 aliphatic heterocycles. The molecule has 13 nitrogen and oxygen atoms in total. The van der Waals surface area contributed by atoms with E-state index in [-0.39, 0.29) is 23.6 Å². The number of rotatable bonds is 9. The summed E-state index contributed by atoms with van der Waals surface area (Å²) < 4.78 is 26.6. The minimum Gasteiger partial charge on any atom is -0.444 e. The van der Waals surface area contributed by atoms with E-state index >= 15 is 0 Å². The number of nitrogens with one attached hydrogen (secondary N) is 1. The number of likely N-dealkylation sites (tertiary alicyclic amines) is 2. The van der Waals surface area contributed by atoms with E-state index in [0.717, 1.165) is 58.4 Å². The van der Waals surface area contributed by atoms with Crippen molar-refractivity contribution in [2.45, 2.75) is 64.2 Å².